The number of amides is 1. The summed E-state index contributed by atoms with van der Waals surface area (Å²) in [4.78, 5) is 12.9. The van der Waals surface area contributed by atoms with Crippen LogP contribution in [-0.4, -0.2) is 22.6 Å². The molecular weight excluding hydrogens is 341 g/mol. The van der Waals surface area contributed by atoms with Gasteiger partial charge >= 0.3 is 0 Å². The lowest BCUT2D eigenvalue weighted by atomic mass is 9.82. The Morgan fingerprint density at radius 3 is 2.74 bits per heavy atom. The Kier molecular flexibility index (Phi) is 4.70. The number of hydrogen-bond donors (Lipinski definition) is 1. The van der Waals surface area contributed by atoms with Gasteiger partial charge in [0.1, 0.15) is 5.82 Å². The van der Waals surface area contributed by atoms with Crippen molar-refractivity contribution in [3.05, 3.63) is 47.4 Å². The molecule has 3 aliphatic rings. The summed E-state index contributed by atoms with van der Waals surface area (Å²) >= 11 is 0. The van der Waals surface area contributed by atoms with Crippen molar-refractivity contribution in [3.63, 3.8) is 0 Å². The summed E-state index contributed by atoms with van der Waals surface area (Å²) < 4.78 is 14.1. The molecule has 0 saturated heterocycles. The fourth-order valence-electron chi connectivity index (χ4n) is 4.46. The number of benzene rings is 1. The van der Waals surface area contributed by atoms with E-state index in [1.165, 1.54) is 18.9 Å². The highest BCUT2D eigenvalue weighted by Gasteiger charge is 2.55. The number of nitrogens with zero attached hydrogens (tertiary/aromatic N) is 2. The smallest absolute Gasteiger partial charge is 0.232 e. The zero-order valence-electron chi connectivity index (χ0n) is 16.0. The van der Waals surface area contributed by atoms with Gasteiger partial charge in [0.15, 0.2) is 0 Å². The maximum atomic E-state index is 14.1. The largest absolute Gasteiger partial charge is 0.355 e. The minimum absolute atomic E-state index is 0.105. The molecule has 0 radical (unpaired) electrons. The maximum absolute atomic E-state index is 14.1. The van der Waals surface area contributed by atoms with E-state index < -0.39 is 5.41 Å². The molecule has 1 aromatic heterocycles. The van der Waals surface area contributed by atoms with E-state index in [9.17, 15) is 9.18 Å². The van der Waals surface area contributed by atoms with Crippen molar-refractivity contribution in [1.29, 1.82) is 0 Å². The number of nitrogens with one attached hydrogen (secondary N) is 1. The van der Waals surface area contributed by atoms with Gasteiger partial charge in [0.05, 0.1) is 16.8 Å². The average molecular weight is 367 g/mol. The van der Waals surface area contributed by atoms with Crippen LogP contribution in [0.5, 0.6) is 0 Å². The highest BCUT2D eigenvalue weighted by atomic mass is 19.1. The van der Waals surface area contributed by atoms with Gasteiger partial charge in [0.2, 0.25) is 5.91 Å². The van der Waals surface area contributed by atoms with Crippen molar-refractivity contribution in [1.82, 2.24) is 15.5 Å². The van der Waals surface area contributed by atoms with Crippen LogP contribution in [0.1, 0.15) is 63.1 Å². The first-order chi connectivity index (χ1) is 13.2. The number of aromatic nitrogens is 2. The van der Waals surface area contributed by atoms with E-state index in [1.54, 1.807) is 18.2 Å². The second kappa shape index (κ2) is 7.02. The van der Waals surface area contributed by atoms with Gasteiger partial charge in [-0.2, -0.15) is 10.2 Å². The summed E-state index contributed by atoms with van der Waals surface area (Å²) in [6.07, 6.45) is 5.09. The molecule has 5 rings (SSSR count). The van der Waals surface area contributed by atoms with Crippen LogP contribution in [0.3, 0.4) is 0 Å². The van der Waals surface area contributed by atoms with E-state index in [-0.39, 0.29) is 11.7 Å². The predicted molar refractivity (Wildman–Crippen MR) is 103 cm³/mol. The molecule has 1 aromatic carbocycles. The Hall–Kier alpha value is -2.30. The number of halogens is 1. The minimum atomic E-state index is -0.518. The first kappa shape index (κ1) is 18.1. The van der Waals surface area contributed by atoms with Crippen LogP contribution < -0.4 is 5.32 Å². The van der Waals surface area contributed by atoms with Crippen LogP contribution in [-0.2, 0) is 10.2 Å². The molecule has 2 atom stereocenters. The molecule has 4 nitrogen and oxygen atoms in total. The Morgan fingerprint density at radius 1 is 1.22 bits per heavy atom. The minimum Gasteiger partial charge on any atom is -0.355 e. The van der Waals surface area contributed by atoms with Crippen molar-refractivity contribution in [2.45, 2.75) is 57.3 Å². The van der Waals surface area contributed by atoms with Gasteiger partial charge in [-0.05, 0) is 67.7 Å². The van der Waals surface area contributed by atoms with Gasteiger partial charge in [0.25, 0.3) is 0 Å². The second-order valence-corrected chi connectivity index (χ2v) is 7.69. The van der Waals surface area contributed by atoms with Gasteiger partial charge in [-0.3, -0.25) is 4.79 Å². The number of rotatable bonds is 4. The molecule has 1 heterocycles. The fourth-order valence-corrected chi connectivity index (χ4v) is 4.46. The van der Waals surface area contributed by atoms with Gasteiger partial charge in [-0.1, -0.05) is 26.0 Å². The van der Waals surface area contributed by atoms with E-state index in [2.05, 4.69) is 15.5 Å². The molecule has 2 saturated carbocycles. The molecule has 5 heteroatoms. The Balaban J connectivity index is 0.000000872. The average Bonchev–Trinajstić information content (AvgIpc) is 3.36. The van der Waals surface area contributed by atoms with Crippen molar-refractivity contribution < 1.29 is 9.18 Å². The molecule has 0 spiro atoms. The molecule has 2 bridgehead atoms. The van der Waals surface area contributed by atoms with E-state index in [4.69, 9.17) is 0 Å². The van der Waals surface area contributed by atoms with Crippen molar-refractivity contribution >= 4 is 5.91 Å². The lowest BCUT2D eigenvalue weighted by Crippen LogP contribution is -2.43. The highest BCUT2D eigenvalue weighted by molar-refractivity contribution is 5.90. The molecule has 1 amide bonds. The molecule has 0 aliphatic heterocycles. The van der Waals surface area contributed by atoms with Crippen LogP contribution >= 0.6 is 0 Å². The first-order valence-electron chi connectivity index (χ1n) is 10.1. The summed E-state index contributed by atoms with van der Waals surface area (Å²) in [5.74, 6) is 0.807. The Labute approximate surface area is 159 Å². The standard InChI is InChI=1S/C20H20FN3O.C2H6/c21-16-4-2-1-3-14(16)17-9-15-13-7-8-20(10-13,18(15)24-23-17)19(25)22-11-12-5-6-12;1-2/h1-4,9,12-13H,5-8,10-11H2,(H,22,25);1-2H3/t13-,20-;/m0./s1. The molecule has 27 heavy (non-hydrogen) atoms. The number of carbonyl (C=O) groups excluding carboxylic acids is 1. The van der Waals surface area contributed by atoms with Crippen LogP contribution in [0.15, 0.2) is 30.3 Å². The van der Waals surface area contributed by atoms with E-state index in [0.717, 1.165) is 37.1 Å². The Bertz CT molecular complexity index is 864. The summed E-state index contributed by atoms with van der Waals surface area (Å²) in [6.45, 7) is 4.78. The molecule has 142 valence electrons. The molecule has 1 N–H and O–H groups in total. The summed E-state index contributed by atoms with van der Waals surface area (Å²) in [5.41, 5.74) is 2.40. The fraction of sp³-hybridized carbons (Fsp3) is 0.500. The third-order valence-corrected chi connectivity index (χ3v) is 6.06. The predicted octanol–water partition coefficient (Wildman–Crippen LogP) is 4.35. The Morgan fingerprint density at radius 2 is 2.00 bits per heavy atom. The van der Waals surface area contributed by atoms with Crippen molar-refractivity contribution in [2.24, 2.45) is 5.92 Å². The second-order valence-electron chi connectivity index (χ2n) is 7.69. The van der Waals surface area contributed by atoms with Crippen molar-refractivity contribution in [3.8, 4) is 11.3 Å². The van der Waals surface area contributed by atoms with Gasteiger partial charge in [-0.25, -0.2) is 4.39 Å². The third kappa shape index (κ3) is 3.03. The summed E-state index contributed by atoms with van der Waals surface area (Å²) in [5, 5.41) is 11.8. The van der Waals surface area contributed by atoms with Crippen LogP contribution in [0.2, 0.25) is 0 Å². The van der Waals surface area contributed by atoms with Crippen molar-refractivity contribution in [2.75, 3.05) is 6.54 Å². The number of fused-ring (bicyclic) bond motifs is 5. The summed E-state index contributed by atoms with van der Waals surface area (Å²) in [6, 6.07) is 8.56. The number of carbonyl (C=O) groups is 1. The number of hydrogen-bond acceptors (Lipinski definition) is 3. The normalized spacial score (nSPS) is 24.8. The van der Waals surface area contributed by atoms with Gasteiger partial charge < -0.3 is 5.32 Å². The van der Waals surface area contributed by atoms with Gasteiger partial charge in [-0.15, -0.1) is 0 Å². The quantitative estimate of drug-likeness (QED) is 0.874. The molecule has 2 fully saturated rings. The highest BCUT2D eigenvalue weighted by Crippen LogP contribution is 2.56. The maximum Gasteiger partial charge on any atom is 0.232 e. The summed E-state index contributed by atoms with van der Waals surface area (Å²) in [7, 11) is 0. The van der Waals surface area contributed by atoms with Crippen LogP contribution in [0, 0.1) is 11.7 Å². The lowest BCUT2D eigenvalue weighted by Gasteiger charge is -2.26. The topological polar surface area (TPSA) is 54.9 Å². The third-order valence-electron chi connectivity index (χ3n) is 6.06. The molecule has 3 aliphatic carbocycles. The zero-order valence-corrected chi connectivity index (χ0v) is 16.0. The van der Waals surface area contributed by atoms with E-state index >= 15 is 0 Å². The molecule has 2 aromatic rings. The van der Waals surface area contributed by atoms with E-state index in [1.807, 2.05) is 19.9 Å². The lowest BCUT2D eigenvalue weighted by molar-refractivity contribution is -0.126. The van der Waals surface area contributed by atoms with Crippen LogP contribution in [0.4, 0.5) is 4.39 Å². The van der Waals surface area contributed by atoms with E-state index in [0.29, 0.717) is 23.1 Å². The first-order valence-corrected chi connectivity index (χ1v) is 10.1. The van der Waals surface area contributed by atoms with Gasteiger partial charge in [0, 0.05) is 12.1 Å². The zero-order chi connectivity index (χ0) is 19.0. The molecule has 0 unspecified atom stereocenters. The monoisotopic (exact) mass is 367 g/mol. The molecular formula is C22H26FN3O. The van der Waals surface area contributed by atoms with Crippen LogP contribution in [0.25, 0.3) is 11.3 Å². The SMILES string of the molecule is CC.O=C(NCC1CC1)[C@@]12CC[C@@H](C1)c1cc(-c3ccccc3F)nnc12.